The molecule has 0 spiro atoms. The van der Waals surface area contributed by atoms with E-state index >= 15 is 0 Å². The second kappa shape index (κ2) is 27.0. The summed E-state index contributed by atoms with van der Waals surface area (Å²) in [5.74, 6) is 0. The Bertz CT molecular complexity index is 2720. The summed E-state index contributed by atoms with van der Waals surface area (Å²) < 4.78 is 21.8. The third kappa shape index (κ3) is 16.2. The molecule has 0 unspecified atom stereocenters. The van der Waals surface area contributed by atoms with E-state index in [9.17, 15) is 9.59 Å². The van der Waals surface area contributed by atoms with Gasteiger partial charge in [-0.05, 0) is 76.9 Å². The van der Waals surface area contributed by atoms with Gasteiger partial charge in [0.1, 0.15) is 5.60 Å². The third-order valence-corrected chi connectivity index (χ3v) is 27.6. The molecule has 0 aromatic carbocycles. The van der Waals surface area contributed by atoms with Crippen LogP contribution in [0.25, 0.3) is 43.6 Å². The molecule has 0 aliphatic rings. The van der Waals surface area contributed by atoms with E-state index in [0.717, 1.165) is 36.4 Å². The van der Waals surface area contributed by atoms with Crippen LogP contribution in [0.4, 0.5) is 9.59 Å². The van der Waals surface area contributed by atoms with Gasteiger partial charge in [-0.15, -0.1) is 0 Å². The standard InChI is InChI=1S/C12H13BrN2O2.C12H13N2O2.C7H5BrN2.C7H6N2.3C4H9.Br2.Sn/c1-12(2,3)17-11(16)15-7-9(13)8-4-5-14-6-10(8)15;1-12(2,3)16-11(15)14-7-5-9-4-6-13-8-10(9)14;8-6-3-10-7-4-9-2-1-5(6)7;1-3-8-5-7-6(1)2-4-9-7;3*1-3-4-2;1-2;/h4-7H,1-3H3;4,6-8H,1-3H3;1-4,10H;1-5,9H;3*1,3-4H2,2H3;;. The zero-order valence-electron chi connectivity index (χ0n) is 40.0. The van der Waals surface area contributed by atoms with Crippen LogP contribution in [0.1, 0.15) is 101 Å². The molecule has 17 heteroatoms. The first kappa shape index (κ1) is 56.0. The number of carbonyl (C=O) groups is 2. The Kier molecular flexibility index (Phi) is 22.6. The second-order valence-electron chi connectivity index (χ2n) is 18.1. The first-order chi connectivity index (χ1) is 32.0. The summed E-state index contributed by atoms with van der Waals surface area (Å²) >= 11 is 9.63. The maximum atomic E-state index is 13.0. The number of unbranched alkanes of at least 4 members (excludes halogenated alkanes) is 3. The summed E-state index contributed by atoms with van der Waals surface area (Å²) in [6.07, 6.45) is 28.8. The summed E-state index contributed by atoms with van der Waals surface area (Å²) in [4.78, 5) is 47.4. The smallest absolute Gasteiger partial charge is 0.0640 e. The monoisotopic (exact) mass is 1280 g/mol. The first-order valence-electron chi connectivity index (χ1n) is 22.6. The number of H-pyrrole nitrogens is 2. The van der Waals surface area contributed by atoms with Crippen molar-refractivity contribution in [3.63, 3.8) is 0 Å². The van der Waals surface area contributed by atoms with Crippen LogP contribution >= 0.6 is 60.1 Å². The minimum Gasteiger partial charge on any atom is -0.360 e. The molecule has 0 amide bonds. The van der Waals surface area contributed by atoms with E-state index in [0.29, 0.717) is 0 Å². The Labute approximate surface area is 431 Å². The number of fused-ring (bicyclic) bond motifs is 4. The number of hydrogen-bond donors (Lipinski definition) is 2. The molecule has 0 saturated heterocycles. The molecule has 8 aromatic heterocycles. The van der Waals surface area contributed by atoms with E-state index in [1.165, 1.54) is 76.1 Å². The van der Waals surface area contributed by atoms with Gasteiger partial charge < -0.3 is 14.7 Å². The van der Waals surface area contributed by atoms with E-state index in [-0.39, 0.29) is 6.09 Å². The number of ether oxygens (including phenoxy) is 2. The number of nitrogens with zero attached hydrogens (tertiary/aromatic N) is 6. The predicted molar refractivity (Wildman–Crippen MR) is 293 cm³/mol. The van der Waals surface area contributed by atoms with Crippen LogP contribution in [-0.4, -0.2) is 80.8 Å². The quantitative estimate of drug-likeness (QED) is 0.129. The van der Waals surface area contributed by atoms with Gasteiger partial charge in [0.2, 0.25) is 0 Å². The number of aromatic amines is 2. The van der Waals surface area contributed by atoms with Crippen molar-refractivity contribution in [2.24, 2.45) is 0 Å². The summed E-state index contributed by atoms with van der Waals surface area (Å²) in [5, 5.41) is 4.57. The molecule has 360 valence electrons. The van der Waals surface area contributed by atoms with E-state index in [2.05, 4.69) is 123 Å². The van der Waals surface area contributed by atoms with Crippen molar-refractivity contribution in [2.75, 3.05) is 0 Å². The number of pyridine rings is 4. The fraction of sp³-hybridized carbons (Fsp3) is 0.400. The van der Waals surface area contributed by atoms with Crippen molar-refractivity contribution in [1.82, 2.24) is 39.0 Å². The average Bonchev–Trinajstić information content (AvgIpc) is 4.12. The van der Waals surface area contributed by atoms with E-state index < -0.39 is 35.7 Å². The normalized spacial score (nSPS) is 11.4. The Balaban J connectivity index is 0.000000214. The fourth-order valence-electron chi connectivity index (χ4n) is 7.61. The van der Waals surface area contributed by atoms with Gasteiger partial charge in [-0.25, -0.2) is 9.36 Å². The minimum atomic E-state index is -2.68. The van der Waals surface area contributed by atoms with Crippen LogP contribution in [0.2, 0.25) is 13.3 Å². The van der Waals surface area contributed by atoms with E-state index in [1.807, 2.05) is 96.8 Å². The molecule has 67 heavy (non-hydrogen) atoms. The summed E-state index contributed by atoms with van der Waals surface area (Å²) in [6, 6.07) is 9.94. The van der Waals surface area contributed by atoms with Gasteiger partial charge in [0.25, 0.3) is 0 Å². The summed E-state index contributed by atoms with van der Waals surface area (Å²) in [6.45, 7) is 18.2. The molecule has 0 fully saturated rings. The van der Waals surface area contributed by atoms with Crippen LogP contribution < -0.4 is 3.58 Å². The fourth-order valence-corrected chi connectivity index (χ4v) is 25.3. The topological polar surface area (TPSA) is 146 Å². The Morgan fingerprint density at radius 2 is 1.06 bits per heavy atom. The third-order valence-electron chi connectivity index (χ3n) is 10.7. The first-order valence-corrected chi connectivity index (χ1v) is 35.4. The molecule has 0 bridgehead atoms. The Morgan fingerprint density at radius 3 is 1.57 bits per heavy atom. The number of carbonyl (C=O) groups excluding carboxylic acids is 2. The molecule has 0 aliphatic carbocycles. The van der Waals surface area contributed by atoms with Crippen molar-refractivity contribution in [1.29, 1.82) is 0 Å². The zero-order chi connectivity index (χ0) is 49.2. The molecule has 0 saturated carbocycles. The van der Waals surface area contributed by atoms with Gasteiger partial charge >= 0.3 is 188 Å². The molecular formula is C50H64Br4N8O4Sn. The van der Waals surface area contributed by atoms with Crippen molar-refractivity contribution in [3.05, 3.63) is 114 Å². The van der Waals surface area contributed by atoms with Gasteiger partial charge in [-0.2, -0.15) is 0 Å². The number of nitrogens with one attached hydrogen (secondary N) is 2. The molecule has 8 heterocycles. The molecule has 8 rings (SSSR count). The molecule has 0 atom stereocenters. The van der Waals surface area contributed by atoms with Crippen molar-refractivity contribution >= 4 is 138 Å². The zero-order valence-corrected chi connectivity index (χ0v) is 49.2. The van der Waals surface area contributed by atoms with Crippen molar-refractivity contribution < 1.29 is 19.1 Å². The van der Waals surface area contributed by atoms with Crippen molar-refractivity contribution in [2.45, 2.75) is 125 Å². The average molecular weight is 1280 g/mol. The van der Waals surface area contributed by atoms with Crippen LogP contribution in [0, 0.1) is 0 Å². The van der Waals surface area contributed by atoms with Crippen molar-refractivity contribution in [3.8, 4) is 0 Å². The number of halogens is 4. The summed E-state index contributed by atoms with van der Waals surface area (Å²) in [5.41, 5.74) is 2.77. The van der Waals surface area contributed by atoms with Crippen LogP contribution in [0.5, 0.6) is 0 Å². The molecular weight excluding hydrogens is 1210 g/mol. The predicted octanol–water partition coefficient (Wildman–Crippen LogP) is 16.0. The molecule has 8 aromatic rings. The van der Waals surface area contributed by atoms with Gasteiger partial charge in [-0.1, -0.05) is 0 Å². The van der Waals surface area contributed by atoms with Crippen LogP contribution in [0.15, 0.2) is 114 Å². The largest absolute Gasteiger partial charge is 0.360 e. The van der Waals surface area contributed by atoms with Gasteiger partial charge in [0, 0.05) is 90.5 Å². The van der Waals surface area contributed by atoms with Crippen LogP contribution in [-0.2, 0) is 9.47 Å². The van der Waals surface area contributed by atoms with Gasteiger partial charge in [0.15, 0.2) is 0 Å². The number of rotatable bonds is 10. The molecule has 12 nitrogen and oxygen atoms in total. The molecule has 0 aliphatic heterocycles. The number of hydrogen-bond acceptors (Lipinski definition) is 8. The maximum Gasteiger partial charge on any atom is 0.0640 e. The summed E-state index contributed by atoms with van der Waals surface area (Å²) in [7, 11) is 0. The van der Waals surface area contributed by atoms with Gasteiger partial charge in [-0.3, -0.25) is 15.0 Å². The van der Waals surface area contributed by atoms with Crippen LogP contribution in [0.3, 0.4) is 0 Å². The second-order valence-corrected chi connectivity index (χ2v) is 32.9. The number of aromatic nitrogens is 8. The SMILES string of the molecule is BrBr.Brc1c[nH]c2cnccc12.CC(C)(C)OC(=O)n1cc(Br)c2ccncc21.CCC[CH2][Sn]([CH2]CCC)([CH2]CCC)[c]1cn(C(=O)OC(C)(C)C)c2cnccc12.c1cc2cc[nH]c2cn1. The molecule has 0 radical (unpaired) electrons. The van der Waals surface area contributed by atoms with E-state index in [1.54, 1.807) is 41.7 Å². The van der Waals surface area contributed by atoms with Gasteiger partial charge in [0.05, 0.1) is 35.1 Å². The maximum absolute atomic E-state index is 13.0. The minimum absolute atomic E-state index is 0.289. The molecule has 2 N–H and O–H groups in total. The Hall–Kier alpha value is -3.58. The van der Waals surface area contributed by atoms with E-state index in [4.69, 9.17) is 9.47 Å². The Morgan fingerprint density at radius 1 is 0.597 bits per heavy atom.